The maximum Gasteiger partial charge on any atom is 0.293 e. The van der Waals surface area contributed by atoms with Gasteiger partial charge in [-0.3, -0.25) is 14.8 Å². The normalized spacial score (nSPS) is 19.6. The first kappa shape index (κ1) is 15.7. The Hall–Kier alpha value is -1.36. The summed E-state index contributed by atoms with van der Waals surface area (Å²) in [6.45, 7) is 9.11. The predicted octanol–water partition coefficient (Wildman–Crippen LogP) is 2.20. The van der Waals surface area contributed by atoms with Crippen molar-refractivity contribution in [2.24, 2.45) is 4.99 Å². The average Bonchev–Trinajstić information content (AvgIpc) is 2.40. The van der Waals surface area contributed by atoms with Crippen LogP contribution in [-0.4, -0.2) is 48.1 Å². The molecule has 0 amide bonds. The van der Waals surface area contributed by atoms with Gasteiger partial charge in [-0.2, -0.15) is 0 Å². The van der Waals surface area contributed by atoms with E-state index in [1.165, 1.54) is 32.4 Å². The summed E-state index contributed by atoms with van der Waals surface area (Å²) in [5, 5.41) is 4.59. The van der Waals surface area contributed by atoms with Crippen LogP contribution in [0.1, 0.15) is 40.0 Å². The second-order valence-corrected chi connectivity index (χ2v) is 5.59. The highest BCUT2D eigenvalue weighted by Crippen LogP contribution is 2.12. The quantitative estimate of drug-likeness (QED) is 0.720. The topological polar surface area (TPSA) is 45.1 Å². The molecule has 19 heavy (non-hydrogen) atoms. The number of ether oxygens (including phenoxy) is 1. The first-order valence-electron chi connectivity index (χ1n) is 6.82. The van der Waals surface area contributed by atoms with Crippen molar-refractivity contribution in [2.75, 3.05) is 19.8 Å². The fourth-order valence-electron chi connectivity index (χ4n) is 1.84. The van der Waals surface area contributed by atoms with Crippen molar-refractivity contribution in [3.05, 3.63) is 12.3 Å². The van der Waals surface area contributed by atoms with E-state index in [0.717, 1.165) is 6.67 Å². The number of nitrogens with zero attached hydrogens (tertiary/aromatic N) is 3. The summed E-state index contributed by atoms with van der Waals surface area (Å²) in [4.78, 5) is 13.8. The van der Waals surface area contributed by atoms with Crippen molar-refractivity contribution in [3.63, 3.8) is 0 Å². The van der Waals surface area contributed by atoms with Crippen LogP contribution >= 0.6 is 0 Å². The highest BCUT2D eigenvalue weighted by atomic mass is 16.5. The monoisotopic (exact) mass is 267 g/mol. The molecule has 108 valence electrons. The van der Waals surface area contributed by atoms with Gasteiger partial charge >= 0.3 is 0 Å². The van der Waals surface area contributed by atoms with Crippen molar-refractivity contribution >= 4 is 12.7 Å². The summed E-state index contributed by atoms with van der Waals surface area (Å²) in [5.41, 5.74) is -0.318. The van der Waals surface area contributed by atoms with Gasteiger partial charge in [0.25, 0.3) is 6.47 Å². The number of hydrogen-bond donors (Lipinski definition) is 0. The molecule has 0 aromatic carbocycles. The Morgan fingerprint density at radius 2 is 1.89 bits per heavy atom. The molecule has 0 aliphatic carbocycles. The van der Waals surface area contributed by atoms with Crippen LogP contribution < -0.4 is 0 Å². The lowest BCUT2D eigenvalue weighted by Crippen LogP contribution is -2.43. The van der Waals surface area contributed by atoms with Crippen LogP contribution in [0.4, 0.5) is 0 Å². The molecule has 0 bridgehead atoms. The maximum absolute atomic E-state index is 9.60. The SMILES string of the molecule is C1=CN(N2CCCCC2)CN=C1.CC(C)(C)OC=O. The van der Waals surface area contributed by atoms with Crippen molar-refractivity contribution in [2.45, 2.75) is 45.6 Å². The second-order valence-electron chi connectivity index (χ2n) is 5.59. The van der Waals surface area contributed by atoms with Gasteiger partial charge in [-0.25, -0.2) is 5.01 Å². The number of allylic oxidation sites excluding steroid dienone is 1. The zero-order valence-electron chi connectivity index (χ0n) is 12.2. The Morgan fingerprint density at radius 3 is 2.32 bits per heavy atom. The van der Waals surface area contributed by atoms with Gasteiger partial charge < -0.3 is 4.74 Å². The molecule has 2 heterocycles. The van der Waals surface area contributed by atoms with Gasteiger partial charge in [0.15, 0.2) is 0 Å². The number of piperidine rings is 1. The van der Waals surface area contributed by atoms with Crippen LogP contribution in [0.2, 0.25) is 0 Å². The summed E-state index contributed by atoms with van der Waals surface area (Å²) in [6, 6.07) is 0. The Balaban J connectivity index is 0.000000224. The van der Waals surface area contributed by atoms with E-state index in [1.807, 2.05) is 33.1 Å². The molecule has 1 fully saturated rings. The minimum absolute atomic E-state index is 0.318. The van der Waals surface area contributed by atoms with Crippen molar-refractivity contribution in [1.82, 2.24) is 10.0 Å². The molecule has 0 aromatic heterocycles. The van der Waals surface area contributed by atoms with Crippen molar-refractivity contribution < 1.29 is 9.53 Å². The third-order valence-electron chi connectivity index (χ3n) is 2.77. The molecule has 1 saturated heterocycles. The zero-order chi connectivity index (χ0) is 14.1. The molecule has 5 nitrogen and oxygen atoms in total. The smallest absolute Gasteiger partial charge is 0.293 e. The van der Waals surface area contributed by atoms with E-state index in [0.29, 0.717) is 6.47 Å². The van der Waals surface area contributed by atoms with E-state index < -0.39 is 0 Å². The first-order chi connectivity index (χ1) is 9.03. The average molecular weight is 267 g/mol. The van der Waals surface area contributed by atoms with Crippen LogP contribution in [-0.2, 0) is 9.53 Å². The fraction of sp³-hybridized carbons (Fsp3) is 0.714. The van der Waals surface area contributed by atoms with Gasteiger partial charge in [0.1, 0.15) is 12.3 Å². The molecule has 0 saturated carbocycles. The van der Waals surface area contributed by atoms with Crippen molar-refractivity contribution in [3.8, 4) is 0 Å². The van der Waals surface area contributed by atoms with Crippen LogP contribution in [0, 0.1) is 0 Å². The third-order valence-corrected chi connectivity index (χ3v) is 2.77. The van der Waals surface area contributed by atoms with Gasteiger partial charge in [0, 0.05) is 25.5 Å². The lowest BCUT2D eigenvalue weighted by Gasteiger charge is -2.36. The molecule has 5 heteroatoms. The Morgan fingerprint density at radius 1 is 1.21 bits per heavy atom. The van der Waals surface area contributed by atoms with Gasteiger partial charge in [0.05, 0.1) is 0 Å². The lowest BCUT2D eigenvalue weighted by atomic mass is 10.2. The standard InChI is InChI=1S/C9H15N3.C5H10O2/c1-2-6-11(7-3-1)12-8-4-5-10-9-12;1-5(2,3)7-4-6/h4-5,8H,1-3,6-7,9H2;4H,1-3H3. The molecule has 2 aliphatic heterocycles. The van der Waals surface area contributed by atoms with Gasteiger partial charge in [-0.15, -0.1) is 0 Å². The Labute approximate surface area is 115 Å². The first-order valence-corrected chi connectivity index (χ1v) is 6.82. The van der Waals surface area contributed by atoms with Crippen LogP contribution in [0.15, 0.2) is 17.3 Å². The number of hydrazine groups is 1. The third kappa shape index (κ3) is 6.96. The lowest BCUT2D eigenvalue weighted by molar-refractivity contribution is -0.138. The largest absolute Gasteiger partial charge is 0.462 e. The fourth-order valence-corrected chi connectivity index (χ4v) is 1.84. The van der Waals surface area contributed by atoms with Crippen LogP contribution in [0.25, 0.3) is 0 Å². The van der Waals surface area contributed by atoms with Crippen LogP contribution in [0.5, 0.6) is 0 Å². The Kier molecular flexibility index (Phi) is 6.56. The van der Waals surface area contributed by atoms with E-state index in [9.17, 15) is 4.79 Å². The number of carbonyl (C=O) groups is 1. The van der Waals surface area contributed by atoms with E-state index >= 15 is 0 Å². The number of carbonyl (C=O) groups excluding carboxylic acids is 1. The molecular weight excluding hydrogens is 242 g/mol. The highest BCUT2D eigenvalue weighted by Gasteiger charge is 2.15. The zero-order valence-corrected chi connectivity index (χ0v) is 12.2. The van der Waals surface area contributed by atoms with E-state index in [1.54, 1.807) is 0 Å². The predicted molar refractivity (Wildman–Crippen MR) is 76.7 cm³/mol. The molecule has 2 rings (SSSR count). The molecule has 2 aliphatic rings. The molecule has 0 unspecified atom stereocenters. The van der Waals surface area contributed by atoms with E-state index in [4.69, 9.17) is 0 Å². The highest BCUT2D eigenvalue weighted by molar-refractivity contribution is 5.71. The molecule has 0 atom stereocenters. The maximum atomic E-state index is 9.60. The second kappa shape index (κ2) is 7.94. The number of rotatable bonds is 2. The minimum Gasteiger partial charge on any atom is -0.462 e. The minimum atomic E-state index is -0.318. The molecule has 0 radical (unpaired) electrons. The summed E-state index contributed by atoms with van der Waals surface area (Å²) >= 11 is 0. The summed E-state index contributed by atoms with van der Waals surface area (Å²) < 4.78 is 4.55. The Bertz CT molecular complexity index is 315. The van der Waals surface area contributed by atoms with Gasteiger partial charge in [0.2, 0.25) is 0 Å². The van der Waals surface area contributed by atoms with E-state index in [-0.39, 0.29) is 5.60 Å². The summed E-state index contributed by atoms with van der Waals surface area (Å²) in [6.07, 6.45) is 10.0. The number of aliphatic imine (C=N–C) groups is 1. The summed E-state index contributed by atoms with van der Waals surface area (Å²) in [5.74, 6) is 0. The van der Waals surface area contributed by atoms with E-state index in [2.05, 4.69) is 25.9 Å². The molecule has 0 N–H and O–H groups in total. The van der Waals surface area contributed by atoms with Crippen LogP contribution in [0.3, 0.4) is 0 Å². The van der Waals surface area contributed by atoms with Gasteiger partial charge in [-0.05, 0) is 39.7 Å². The van der Waals surface area contributed by atoms with Gasteiger partial charge in [-0.1, -0.05) is 6.42 Å². The molecular formula is C14H25N3O2. The molecule has 0 spiro atoms. The number of hydrogen-bond acceptors (Lipinski definition) is 5. The summed E-state index contributed by atoms with van der Waals surface area (Å²) in [7, 11) is 0. The van der Waals surface area contributed by atoms with Crippen molar-refractivity contribution in [1.29, 1.82) is 0 Å². The molecule has 0 aromatic rings.